The standard InChI is InChI=1S/C23H26N2S2/c1-24(14-18-16-26-22-10-5-3-8-20(18)22)12-7-13-25(2)15-19-17-27-23-11-6-4-9-21(19)23/h3-6,8-11,16-17H,7,12-15H2,1-2H3. The van der Waals surface area contributed by atoms with E-state index in [1.807, 2.05) is 22.7 Å². The summed E-state index contributed by atoms with van der Waals surface area (Å²) >= 11 is 3.71. The minimum Gasteiger partial charge on any atom is -0.302 e. The molecule has 4 aromatic rings. The number of benzene rings is 2. The van der Waals surface area contributed by atoms with E-state index in [0.29, 0.717) is 0 Å². The molecule has 0 bridgehead atoms. The minimum atomic E-state index is 1.03. The zero-order chi connectivity index (χ0) is 18.6. The van der Waals surface area contributed by atoms with Gasteiger partial charge in [0, 0.05) is 22.5 Å². The van der Waals surface area contributed by atoms with E-state index < -0.39 is 0 Å². The van der Waals surface area contributed by atoms with Crippen LogP contribution in [0.3, 0.4) is 0 Å². The van der Waals surface area contributed by atoms with Gasteiger partial charge < -0.3 is 9.80 Å². The minimum absolute atomic E-state index is 1.03. The van der Waals surface area contributed by atoms with E-state index in [4.69, 9.17) is 0 Å². The molecule has 0 N–H and O–H groups in total. The highest BCUT2D eigenvalue weighted by molar-refractivity contribution is 7.17. The van der Waals surface area contributed by atoms with Gasteiger partial charge in [0.1, 0.15) is 0 Å². The highest BCUT2D eigenvalue weighted by atomic mass is 32.1. The van der Waals surface area contributed by atoms with Gasteiger partial charge >= 0.3 is 0 Å². The number of thiophene rings is 2. The van der Waals surface area contributed by atoms with Crippen LogP contribution in [0.2, 0.25) is 0 Å². The third kappa shape index (κ3) is 4.41. The summed E-state index contributed by atoms with van der Waals surface area (Å²) in [5, 5.41) is 7.45. The van der Waals surface area contributed by atoms with Gasteiger partial charge in [0.2, 0.25) is 0 Å². The number of rotatable bonds is 8. The third-order valence-corrected chi connectivity index (χ3v) is 7.11. The summed E-state index contributed by atoms with van der Waals surface area (Å²) in [7, 11) is 4.47. The van der Waals surface area contributed by atoms with Crippen LogP contribution in [0, 0.1) is 0 Å². The fourth-order valence-corrected chi connectivity index (χ4v) is 5.57. The second-order valence-corrected chi connectivity index (χ2v) is 9.17. The lowest BCUT2D eigenvalue weighted by Gasteiger charge is -2.20. The largest absolute Gasteiger partial charge is 0.302 e. The molecule has 0 unspecified atom stereocenters. The Balaban J connectivity index is 1.26. The molecule has 0 fully saturated rings. The van der Waals surface area contributed by atoms with Crippen LogP contribution in [0.1, 0.15) is 17.5 Å². The number of hydrogen-bond donors (Lipinski definition) is 0. The Morgan fingerprint density at radius 1 is 0.667 bits per heavy atom. The van der Waals surface area contributed by atoms with E-state index in [2.05, 4.69) is 83.2 Å². The summed E-state index contributed by atoms with van der Waals surface area (Å²) in [6, 6.07) is 17.4. The van der Waals surface area contributed by atoms with E-state index in [1.165, 1.54) is 37.7 Å². The Kier molecular flexibility index (Phi) is 5.89. The Morgan fingerprint density at radius 3 is 1.59 bits per heavy atom. The molecular formula is C23H26N2S2. The van der Waals surface area contributed by atoms with Crippen molar-refractivity contribution < 1.29 is 0 Å². The second kappa shape index (κ2) is 8.53. The molecule has 0 spiro atoms. The molecule has 0 aliphatic rings. The van der Waals surface area contributed by atoms with Crippen LogP contribution < -0.4 is 0 Å². The van der Waals surface area contributed by atoms with Crippen LogP contribution in [-0.4, -0.2) is 37.0 Å². The van der Waals surface area contributed by atoms with Crippen LogP contribution >= 0.6 is 22.7 Å². The Hall–Kier alpha value is -1.72. The summed E-state index contributed by atoms with van der Waals surface area (Å²) in [6.45, 7) is 4.31. The topological polar surface area (TPSA) is 6.48 Å². The van der Waals surface area contributed by atoms with Gasteiger partial charge in [-0.1, -0.05) is 36.4 Å². The van der Waals surface area contributed by atoms with Gasteiger partial charge in [0.05, 0.1) is 0 Å². The number of fused-ring (bicyclic) bond motifs is 2. The Morgan fingerprint density at radius 2 is 1.11 bits per heavy atom. The monoisotopic (exact) mass is 394 g/mol. The second-order valence-electron chi connectivity index (χ2n) is 7.34. The Labute approximate surface area is 169 Å². The fourth-order valence-electron chi connectivity index (χ4n) is 3.66. The molecule has 0 amide bonds. The number of hydrogen-bond acceptors (Lipinski definition) is 4. The van der Waals surface area contributed by atoms with E-state index >= 15 is 0 Å². The molecule has 27 heavy (non-hydrogen) atoms. The molecule has 0 aliphatic carbocycles. The highest BCUT2D eigenvalue weighted by Crippen LogP contribution is 2.27. The lowest BCUT2D eigenvalue weighted by Crippen LogP contribution is -2.25. The molecular weight excluding hydrogens is 368 g/mol. The molecule has 2 aromatic heterocycles. The average molecular weight is 395 g/mol. The predicted octanol–water partition coefficient (Wildman–Crippen LogP) is 6.07. The molecule has 0 aliphatic heterocycles. The number of nitrogens with zero attached hydrogens (tertiary/aromatic N) is 2. The molecule has 0 radical (unpaired) electrons. The lowest BCUT2D eigenvalue weighted by molar-refractivity contribution is 0.271. The van der Waals surface area contributed by atoms with E-state index in [1.54, 1.807) is 0 Å². The van der Waals surface area contributed by atoms with Crippen molar-refractivity contribution in [2.45, 2.75) is 19.5 Å². The zero-order valence-corrected chi connectivity index (χ0v) is 17.7. The van der Waals surface area contributed by atoms with Gasteiger partial charge in [-0.05, 0) is 78.4 Å². The maximum Gasteiger partial charge on any atom is 0.0346 e. The van der Waals surface area contributed by atoms with Gasteiger partial charge in [-0.15, -0.1) is 22.7 Å². The van der Waals surface area contributed by atoms with Gasteiger partial charge in [0.25, 0.3) is 0 Å². The summed E-state index contributed by atoms with van der Waals surface area (Å²) in [4.78, 5) is 4.89. The van der Waals surface area contributed by atoms with Crippen molar-refractivity contribution in [1.82, 2.24) is 9.80 Å². The van der Waals surface area contributed by atoms with E-state index in [0.717, 1.165) is 26.2 Å². The van der Waals surface area contributed by atoms with E-state index in [9.17, 15) is 0 Å². The fraction of sp³-hybridized carbons (Fsp3) is 0.304. The van der Waals surface area contributed by atoms with Crippen LogP contribution in [0.5, 0.6) is 0 Å². The van der Waals surface area contributed by atoms with Crippen molar-refractivity contribution in [3.05, 3.63) is 70.4 Å². The van der Waals surface area contributed by atoms with Gasteiger partial charge in [-0.25, -0.2) is 0 Å². The summed E-state index contributed by atoms with van der Waals surface area (Å²) in [6.07, 6.45) is 1.19. The first-order valence-electron chi connectivity index (χ1n) is 9.48. The SMILES string of the molecule is CN(CCCN(C)Cc1csc2ccccc12)Cc1csc2ccccc12. The molecule has 0 saturated heterocycles. The van der Waals surface area contributed by atoms with E-state index in [-0.39, 0.29) is 0 Å². The molecule has 0 atom stereocenters. The first-order chi connectivity index (χ1) is 13.2. The van der Waals surface area contributed by atoms with Gasteiger partial charge in [0.15, 0.2) is 0 Å². The van der Waals surface area contributed by atoms with Crippen molar-refractivity contribution in [3.63, 3.8) is 0 Å². The van der Waals surface area contributed by atoms with Crippen LogP contribution in [-0.2, 0) is 13.1 Å². The summed E-state index contributed by atoms with van der Waals surface area (Å²) in [5.74, 6) is 0. The molecule has 140 valence electrons. The normalized spacial score (nSPS) is 12.0. The molecule has 4 rings (SSSR count). The summed E-state index contributed by atoms with van der Waals surface area (Å²) < 4.78 is 2.78. The van der Waals surface area contributed by atoms with Crippen LogP contribution in [0.4, 0.5) is 0 Å². The van der Waals surface area contributed by atoms with Crippen molar-refractivity contribution in [2.24, 2.45) is 0 Å². The smallest absolute Gasteiger partial charge is 0.0346 e. The van der Waals surface area contributed by atoms with Crippen molar-refractivity contribution in [2.75, 3.05) is 27.2 Å². The van der Waals surface area contributed by atoms with Crippen LogP contribution in [0.25, 0.3) is 20.2 Å². The maximum absolute atomic E-state index is 2.45. The van der Waals surface area contributed by atoms with Crippen molar-refractivity contribution in [3.8, 4) is 0 Å². The van der Waals surface area contributed by atoms with Gasteiger partial charge in [-0.2, -0.15) is 0 Å². The van der Waals surface area contributed by atoms with Crippen molar-refractivity contribution in [1.29, 1.82) is 0 Å². The molecule has 2 aromatic carbocycles. The lowest BCUT2D eigenvalue weighted by atomic mass is 10.1. The quantitative estimate of drug-likeness (QED) is 0.358. The summed E-state index contributed by atoms with van der Waals surface area (Å²) in [5.41, 5.74) is 2.91. The predicted molar refractivity (Wildman–Crippen MR) is 121 cm³/mol. The van der Waals surface area contributed by atoms with Gasteiger partial charge in [-0.3, -0.25) is 0 Å². The molecule has 2 heterocycles. The third-order valence-electron chi connectivity index (χ3n) is 5.08. The first-order valence-corrected chi connectivity index (χ1v) is 11.2. The molecule has 4 heteroatoms. The molecule has 2 nitrogen and oxygen atoms in total. The molecule has 0 saturated carbocycles. The highest BCUT2D eigenvalue weighted by Gasteiger charge is 2.09. The Bertz CT molecular complexity index is 935. The average Bonchev–Trinajstić information content (AvgIpc) is 3.27. The van der Waals surface area contributed by atoms with Crippen LogP contribution in [0.15, 0.2) is 59.3 Å². The zero-order valence-electron chi connectivity index (χ0n) is 16.0. The van der Waals surface area contributed by atoms with Crippen molar-refractivity contribution >= 4 is 42.8 Å². The first kappa shape index (κ1) is 18.6. The maximum atomic E-state index is 2.45.